The fourth-order valence-corrected chi connectivity index (χ4v) is 2.33. The molecular weight excluding hydrogens is 210 g/mol. The molecule has 2 N–H and O–H groups in total. The Hall–Kier alpha value is -0.860. The van der Waals surface area contributed by atoms with E-state index in [1.807, 2.05) is 0 Å². The summed E-state index contributed by atoms with van der Waals surface area (Å²) in [6.07, 6.45) is 0.999. The highest BCUT2D eigenvalue weighted by Gasteiger charge is 2.21. The molecule has 0 bridgehead atoms. The highest BCUT2D eigenvalue weighted by atomic mass is 16.5. The Labute approximate surface area is 105 Å². The average Bonchev–Trinajstić information content (AvgIpc) is 2.24. The van der Waals surface area contributed by atoms with Crippen LogP contribution in [0.5, 0.6) is 0 Å². The SMILES string of the molecule is COC(C(C)C)C(N)Cc1cc(C)ccc1C. The van der Waals surface area contributed by atoms with Crippen LogP contribution in [-0.4, -0.2) is 19.3 Å². The predicted octanol–water partition coefficient (Wildman–Crippen LogP) is 2.84. The number of benzene rings is 1. The van der Waals surface area contributed by atoms with Gasteiger partial charge in [-0.15, -0.1) is 0 Å². The van der Waals surface area contributed by atoms with Crippen LogP contribution in [0.15, 0.2) is 18.2 Å². The molecule has 0 heterocycles. The van der Waals surface area contributed by atoms with Crippen LogP contribution in [0.25, 0.3) is 0 Å². The molecule has 96 valence electrons. The van der Waals surface area contributed by atoms with Gasteiger partial charge in [-0.25, -0.2) is 0 Å². The van der Waals surface area contributed by atoms with E-state index in [2.05, 4.69) is 45.9 Å². The fraction of sp³-hybridized carbons (Fsp3) is 0.600. The zero-order valence-electron chi connectivity index (χ0n) is 11.7. The van der Waals surface area contributed by atoms with Crippen LogP contribution < -0.4 is 5.73 Å². The Bertz CT molecular complexity index is 360. The van der Waals surface area contributed by atoms with Crippen molar-refractivity contribution in [3.63, 3.8) is 0 Å². The van der Waals surface area contributed by atoms with Crippen molar-refractivity contribution in [3.05, 3.63) is 34.9 Å². The van der Waals surface area contributed by atoms with E-state index < -0.39 is 0 Å². The summed E-state index contributed by atoms with van der Waals surface area (Å²) in [5, 5.41) is 0. The van der Waals surface area contributed by atoms with Crippen LogP contribution >= 0.6 is 0 Å². The Morgan fingerprint density at radius 3 is 2.41 bits per heavy atom. The second-order valence-electron chi connectivity index (χ2n) is 5.24. The van der Waals surface area contributed by atoms with Crippen LogP contribution in [0.3, 0.4) is 0 Å². The lowest BCUT2D eigenvalue weighted by molar-refractivity contribution is 0.0441. The van der Waals surface area contributed by atoms with Gasteiger partial charge in [0.1, 0.15) is 0 Å². The number of methoxy groups -OCH3 is 1. The smallest absolute Gasteiger partial charge is 0.0748 e. The highest BCUT2D eigenvalue weighted by Crippen LogP contribution is 2.17. The van der Waals surface area contributed by atoms with Crippen molar-refractivity contribution < 1.29 is 4.74 Å². The summed E-state index contributed by atoms with van der Waals surface area (Å²) in [7, 11) is 1.74. The molecule has 0 aliphatic heterocycles. The molecule has 2 heteroatoms. The quantitative estimate of drug-likeness (QED) is 0.851. The Kier molecular flexibility index (Phi) is 5.16. The van der Waals surface area contributed by atoms with E-state index in [0.717, 1.165) is 6.42 Å². The third kappa shape index (κ3) is 3.83. The van der Waals surface area contributed by atoms with E-state index in [9.17, 15) is 0 Å². The largest absolute Gasteiger partial charge is 0.380 e. The fourth-order valence-electron chi connectivity index (χ4n) is 2.33. The first kappa shape index (κ1) is 14.2. The van der Waals surface area contributed by atoms with Crippen molar-refractivity contribution >= 4 is 0 Å². The maximum absolute atomic E-state index is 6.26. The molecule has 0 saturated carbocycles. The van der Waals surface area contributed by atoms with Crippen LogP contribution in [0, 0.1) is 19.8 Å². The molecule has 0 fully saturated rings. The summed E-state index contributed by atoms with van der Waals surface area (Å²) < 4.78 is 5.49. The normalized spacial score (nSPS) is 15.0. The van der Waals surface area contributed by atoms with Gasteiger partial charge < -0.3 is 10.5 Å². The molecule has 2 nitrogen and oxygen atoms in total. The molecule has 0 aliphatic rings. The zero-order chi connectivity index (χ0) is 13.0. The maximum atomic E-state index is 6.26. The molecule has 1 rings (SSSR count). The third-order valence-electron chi connectivity index (χ3n) is 3.31. The van der Waals surface area contributed by atoms with Crippen LogP contribution in [-0.2, 0) is 11.2 Å². The highest BCUT2D eigenvalue weighted by molar-refractivity contribution is 5.31. The molecule has 2 atom stereocenters. The molecule has 0 spiro atoms. The Morgan fingerprint density at radius 1 is 1.24 bits per heavy atom. The first-order valence-corrected chi connectivity index (χ1v) is 6.30. The van der Waals surface area contributed by atoms with E-state index in [1.54, 1.807) is 7.11 Å². The number of ether oxygens (including phenoxy) is 1. The van der Waals surface area contributed by atoms with Crippen molar-refractivity contribution in [2.24, 2.45) is 11.7 Å². The molecule has 1 aromatic rings. The molecule has 0 radical (unpaired) electrons. The van der Waals surface area contributed by atoms with Gasteiger partial charge in [0.2, 0.25) is 0 Å². The zero-order valence-corrected chi connectivity index (χ0v) is 11.7. The molecule has 0 amide bonds. The lowest BCUT2D eigenvalue weighted by Gasteiger charge is -2.26. The Balaban J connectivity index is 2.79. The number of hydrogen-bond acceptors (Lipinski definition) is 2. The van der Waals surface area contributed by atoms with Gasteiger partial charge in [-0.2, -0.15) is 0 Å². The van der Waals surface area contributed by atoms with Gasteiger partial charge in [-0.05, 0) is 37.3 Å². The number of hydrogen-bond donors (Lipinski definition) is 1. The summed E-state index contributed by atoms with van der Waals surface area (Å²) in [4.78, 5) is 0. The number of aryl methyl sites for hydroxylation is 2. The van der Waals surface area contributed by atoms with Crippen molar-refractivity contribution in [2.75, 3.05) is 7.11 Å². The topological polar surface area (TPSA) is 35.2 Å². The molecular formula is C15H25NO. The van der Waals surface area contributed by atoms with Crippen molar-refractivity contribution in [2.45, 2.75) is 46.3 Å². The van der Waals surface area contributed by atoms with E-state index in [-0.39, 0.29) is 12.1 Å². The van der Waals surface area contributed by atoms with Gasteiger partial charge >= 0.3 is 0 Å². The minimum Gasteiger partial charge on any atom is -0.380 e. The number of nitrogens with two attached hydrogens (primary N) is 1. The average molecular weight is 235 g/mol. The van der Waals surface area contributed by atoms with Gasteiger partial charge in [0.25, 0.3) is 0 Å². The summed E-state index contributed by atoms with van der Waals surface area (Å²) in [5.41, 5.74) is 10.2. The van der Waals surface area contributed by atoms with Gasteiger partial charge in [0.15, 0.2) is 0 Å². The van der Waals surface area contributed by atoms with Crippen LogP contribution in [0.2, 0.25) is 0 Å². The van der Waals surface area contributed by atoms with E-state index in [1.165, 1.54) is 16.7 Å². The standard InChI is InChI=1S/C15H25NO/c1-10(2)15(17-5)14(16)9-13-8-11(3)6-7-12(13)4/h6-8,10,14-15H,9,16H2,1-5H3. The molecule has 17 heavy (non-hydrogen) atoms. The van der Waals surface area contributed by atoms with Gasteiger partial charge in [-0.3, -0.25) is 0 Å². The monoisotopic (exact) mass is 235 g/mol. The van der Waals surface area contributed by atoms with E-state index in [0.29, 0.717) is 5.92 Å². The molecule has 0 saturated heterocycles. The van der Waals surface area contributed by atoms with Crippen LogP contribution in [0.4, 0.5) is 0 Å². The summed E-state index contributed by atoms with van der Waals surface area (Å²) in [6, 6.07) is 6.58. The minimum atomic E-state index is 0.0560. The minimum absolute atomic E-state index is 0.0560. The van der Waals surface area contributed by atoms with E-state index in [4.69, 9.17) is 10.5 Å². The second-order valence-corrected chi connectivity index (χ2v) is 5.24. The Morgan fingerprint density at radius 2 is 1.88 bits per heavy atom. The summed E-state index contributed by atoms with van der Waals surface area (Å²) in [6.45, 7) is 8.55. The first-order chi connectivity index (χ1) is 7.95. The van der Waals surface area contributed by atoms with Crippen LogP contribution in [0.1, 0.15) is 30.5 Å². The molecule has 0 aromatic heterocycles. The first-order valence-electron chi connectivity index (χ1n) is 6.30. The van der Waals surface area contributed by atoms with E-state index >= 15 is 0 Å². The molecule has 1 aromatic carbocycles. The molecule has 0 aliphatic carbocycles. The van der Waals surface area contributed by atoms with Crippen molar-refractivity contribution in [3.8, 4) is 0 Å². The van der Waals surface area contributed by atoms with Crippen molar-refractivity contribution in [1.29, 1.82) is 0 Å². The lowest BCUT2D eigenvalue weighted by Crippen LogP contribution is -2.41. The second kappa shape index (κ2) is 6.18. The predicted molar refractivity (Wildman–Crippen MR) is 73.2 cm³/mol. The lowest BCUT2D eigenvalue weighted by atomic mass is 9.92. The van der Waals surface area contributed by atoms with Crippen molar-refractivity contribution in [1.82, 2.24) is 0 Å². The summed E-state index contributed by atoms with van der Waals surface area (Å²) >= 11 is 0. The van der Waals surface area contributed by atoms with Gasteiger partial charge in [0.05, 0.1) is 6.10 Å². The third-order valence-corrected chi connectivity index (χ3v) is 3.31. The maximum Gasteiger partial charge on any atom is 0.0748 e. The summed E-state index contributed by atoms with van der Waals surface area (Å²) in [5.74, 6) is 0.445. The van der Waals surface area contributed by atoms with Gasteiger partial charge in [0, 0.05) is 13.2 Å². The number of rotatable bonds is 5. The molecule has 2 unspecified atom stereocenters. The van der Waals surface area contributed by atoms with Gasteiger partial charge in [-0.1, -0.05) is 37.6 Å².